The molecule has 0 spiro atoms. The summed E-state index contributed by atoms with van der Waals surface area (Å²) in [5, 5.41) is 3.80. The summed E-state index contributed by atoms with van der Waals surface area (Å²) in [4.78, 5) is 29.7. The van der Waals surface area contributed by atoms with E-state index in [0.29, 0.717) is 22.3 Å². The van der Waals surface area contributed by atoms with Crippen molar-refractivity contribution in [1.29, 1.82) is 0 Å². The molecule has 4 aromatic rings. The van der Waals surface area contributed by atoms with Gasteiger partial charge >= 0.3 is 0 Å². The van der Waals surface area contributed by atoms with Crippen molar-refractivity contribution in [1.82, 2.24) is 10.2 Å². The Hall–Kier alpha value is -4.05. The molecule has 1 atom stereocenters. The maximum atomic E-state index is 14.5. The minimum Gasteiger partial charge on any atom is -0.497 e. The van der Waals surface area contributed by atoms with Gasteiger partial charge in [0.05, 0.1) is 17.7 Å². The van der Waals surface area contributed by atoms with E-state index >= 15 is 0 Å². The lowest BCUT2D eigenvalue weighted by atomic mass is 10.0. The number of hydrogen-bond donors (Lipinski definition) is 1. The smallest absolute Gasteiger partial charge is 0.264 e. The third-order valence-corrected chi connectivity index (χ3v) is 9.66. The van der Waals surface area contributed by atoms with E-state index in [-0.39, 0.29) is 29.5 Å². The highest BCUT2D eigenvalue weighted by molar-refractivity contribution is 7.92. The number of halogens is 2. The van der Waals surface area contributed by atoms with Gasteiger partial charge in [0.1, 0.15) is 18.3 Å². The van der Waals surface area contributed by atoms with Gasteiger partial charge in [0, 0.05) is 29.6 Å². The van der Waals surface area contributed by atoms with Crippen LogP contribution in [0.3, 0.4) is 0 Å². The zero-order valence-electron chi connectivity index (χ0n) is 25.7. The lowest BCUT2D eigenvalue weighted by Gasteiger charge is -2.34. The molecule has 0 saturated heterocycles. The molecule has 0 bridgehead atoms. The van der Waals surface area contributed by atoms with Crippen LogP contribution in [0.25, 0.3) is 0 Å². The first-order valence-corrected chi connectivity index (χ1v) is 17.1. The molecule has 0 aliphatic carbocycles. The maximum absolute atomic E-state index is 14.5. The highest BCUT2D eigenvalue weighted by atomic mass is 35.5. The first-order chi connectivity index (χ1) is 22.1. The van der Waals surface area contributed by atoms with Gasteiger partial charge in [-0.2, -0.15) is 0 Å². The molecule has 46 heavy (non-hydrogen) atoms. The topological polar surface area (TPSA) is 96.0 Å². The van der Waals surface area contributed by atoms with Gasteiger partial charge in [-0.1, -0.05) is 85.1 Å². The molecule has 0 aromatic heterocycles. The van der Waals surface area contributed by atoms with Crippen molar-refractivity contribution >= 4 is 50.7 Å². The van der Waals surface area contributed by atoms with Gasteiger partial charge < -0.3 is 15.0 Å². The van der Waals surface area contributed by atoms with Gasteiger partial charge in [-0.3, -0.25) is 13.9 Å². The number of benzene rings is 4. The molecule has 4 aromatic carbocycles. The normalized spacial score (nSPS) is 11.8. The van der Waals surface area contributed by atoms with Crippen LogP contribution in [0.4, 0.5) is 5.69 Å². The molecule has 4 rings (SSSR count). The molecular weight excluding hydrogens is 645 g/mol. The lowest BCUT2D eigenvalue weighted by Crippen LogP contribution is -2.53. The second-order valence-corrected chi connectivity index (χ2v) is 13.4. The molecule has 2 amide bonds. The first kappa shape index (κ1) is 34.8. The Bertz CT molecular complexity index is 1700. The number of amides is 2. The van der Waals surface area contributed by atoms with Crippen LogP contribution in [0.15, 0.2) is 108 Å². The lowest BCUT2D eigenvalue weighted by molar-refractivity contribution is -0.140. The fourth-order valence-corrected chi connectivity index (χ4v) is 6.60. The van der Waals surface area contributed by atoms with Crippen molar-refractivity contribution < 1.29 is 22.7 Å². The quantitative estimate of drug-likeness (QED) is 0.140. The fraction of sp³-hybridized carbons (Fsp3) is 0.257. The molecule has 242 valence electrons. The van der Waals surface area contributed by atoms with E-state index in [0.717, 1.165) is 28.3 Å². The molecule has 0 radical (unpaired) electrons. The molecule has 0 saturated carbocycles. The van der Waals surface area contributed by atoms with Gasteiger partial charge in [-0.25, -0.2) is 8.42 Å². The average molecular weight is 683 g/mol. The van der Waals surface area contributed by atoms with Crippen LogP contribution >= 0.6 is 23.2 Å². The second kappa shape index (κ2) is 16.5. The van der Waals surface area contributed by atoms with E-state index in [1.54, 1.807) is 42.5 Å². The molecule has 0 unspecified atom stereocenters. The Morgan fingerprint density at radius 1 is 0.848 bits per heavy atom. The molecule has 0 aliphatic rings. The SMILES string of the molecule is CCCCNC(=O)[C@@H](Cc1ccccc1)N(Cc1ccc(Cl)cc1)C(=O)CN(c1cccc(Cl)c1)S(=O)(=O)c1ccc(OC)cc1. The number of methoxy groups -OCH3 is 1. The van der Waals surface area contributed by atoms with Crippen LogP contribution in [0, 0.1) is 0 Å². The molecule has 1 N–H and O–H groups in total. The summed E-state index contributed by atoms with van der Waals surface area (Å²) in [6.07, 6.45) is 1.88. The highest BCUT2D eigenvalue weighted by Crippen LogP contribution is 2.28. The van der Waals surface area contributed by atoms with E-state index in [9.17, 15) is 18.0 Å². The summed E-state index contributed by atoms with van der Waals surface area (Å²) in [6.45, 7) is 1.93. The Labute approximate surface area is 280 Å². The minimum atomic E-state index is -4.27. The number of carbonyl (C=O) groups is 2. The first-order valence-electron chi connectivity index (χ1n) is 14.9. The third kappa shape index (κ3) is 9.25. The predicted octanol–water partition coefficient (Wildman–Crippen LogP) is 6.75. The number of ether oxygens (including phenoxy) is 1. The number of nitrogens with one attached hydrogen (secondary N) is 1. The van der Waals surface area contributed by atoms with Gasteiger partial charge in [0.25, 0.3) is 10.0 Å². The summed E-state index contributed by atoms with van der Waals surface area (Å²) in [6, 6.07) is 27.6. The summed E-state index contributed by atoms with van der Waals surface area (Å²) in [7, 11) is -2.79. The van der Waals surface area contributed by atoms with Crippen molar-refractivity contribution in [3.05, 3.63) is 124 Å². The minimum absolute atomic E-state index is 0.0385. The number of sulfonamides is 1. The maximum Gasteiger partial charge on any atom is 0.264 e. The number of hydrogen-bond acceptors (Lipinski definition) is 5. The van der Waals surface area contributed by atoms with E-state index in [1.807, 2.05) is 37.3 Å². The molecule has 0 aliphatic heterocycles. The summed E-state index contributed by atoms with van der Waals surface area (Å²) in [5.41, 5.74) is 1.78. The Kier molecular flexibility index (Phi) is 12.5. The third-order valence-electron chi connectivity index (χ3n) is 7.39. The number of rotatable bonds is 15. The molecule has 0 heterocycles. The predicted molar refractivity (Wildman–Crippen MR) is 183 cm³/mol. The van der Waals surface area contributed by atoms with E-state index in [2.05, 4.69) is 5.32 Å². The molecular formula is C35H37Cl2N3O5S. The van der Waals surface area contributed by atoms with E-state index in [4.69, 9.17) is 27.9 Å². The standard InChI is InChI=1S/C35H37Cl2N3O5S/c1-3-4-21-38-35(42)33(22-26-9-6-5-7-10-26)39(24-27-13-15-28(36)16-14-27)34(41)25-40(30-12-8-11-29(37)23-30)46(43,44)32-19-17-31(45-2)18-20-32/h5-20,23,33H,3-4,21-22,24-25H2,1-2H3,(H,38,42)/t33-/m1/s1. The van der Waals surface area contributed by atoms with E-state index < -0.39 is 28.5 Å². The van der Waals surface area contributed by atoms with Crippen LogP contribution < -0.4 is 14.4 Å². The fourth-order valence-electron chi connectivity index (χ4n) is 4.88. The monoisotopic (exact) mass is 681 g/mol. The van der Waals surface area contributed by atoms with Crippen LogP contribution in [-0.4, -0.2) is 51.4 Å². The molecule has 11 heteroatoms. The molecule has 0 fully saturated rings. The van der Waals surface area contributed by atoms with Crippen LogP contribution in [0.2, 0.25) is 10.0 Å². The van der Waals surface area contributed by atoms with Crippen molar-refractivity contribution in [2.75, 3.05) is 24.5 Å². The highest BCUT2D eigenvalue weighted by Gasteiger charge is 2.34. The van der Waals surface area contributed by atoms with Crippen molar-refractivity contribution in [2.45, 2.75) is 43.7 Å². The van der Waals surface area contributed by atoms with Crippen molar-refractivity contribution in [3.63, 3.8) is 0 Å². The van der Waals surface area contributed by atoms with Gasteiger partial charge in [-0.15, -0.1) is 0 Å². The van der Waals surface area contributed by atoms with Gasteiger partial charge in [-0.05, 0) is 72.1 Å². The number of nitrogens with zero attached hydrogens (tertiary/aromatic N) is 2. The van der Waals surface area contributed by atoms with Crippen LogP contribution in [0.1, 0.15) is 30.9 Å². The van der Waals surface area contributed by atoms with Crippen molar-refractivity contribution in [2.24, 2.45) is 0 Å². The average Bonchev–Trinajstić information content (AvgIpc) is 3.06. The van der Waals surface area contributed by atoms with Crippen LogP contribution in [-0.2, 0) is 32.6 Å². The Balaban J connectivity index is 1.78. The van der Waals surface area contributed by atoms with Crippen molar-refractivity contribution in [3.8, 4) is 5.75 Å². The second-order valence-electron chi connectivity index (χ2n) is 10.7. The van der Waals surface area contributed by atoms with Gasteiger partial charge in [0.15, 0.2) is 0 Å². The summed E-state index contributed by atoms with van der Waals surface area (Å²) < 4.78 is 34.5. The summed E-state index contributed by atoms with van der Waals surface area (Å²) in [5.74, 6) is -0.415. The molecule has 8 nitrogen and oxygen atoms in total. The van der Waals surface area contributed by atoms with Crippen LogP contribution in [0.5, 0.6) is 5.75 Å². The number of anilines is 1. The zero-order chi connectivity index (χ0) is 33.1. The summed E-state index contributed by atoms with van der Waals surface area (Å²) >= 11 is 12.4. The number of unbranched alkanes of at least 4 members (excludes halogenated alkanes) is 1. The largest absolute Gasteiger partial charge is 0.497 e. The van der Waals surface area contributed by atoms with Gasteiger partial charge in [0.2, 0.25) is 11.8 Å². The Morgan fingerprint density at radius 3 is 2.17 bits per heavy atom. The zero-order valence-corrected chi connectivity index (χ0v) is 28.1. The Morgan fingerprint density at radius 2 is 1.54 bits per heavy atom. The number of carbonyl (C=O) groups excluding carboxylic acids is 2. The van der Waals surface area contributed by atoms with E-state index in [1.165, 1.54) is 42.3 Å².